The number of nitrogens with zero attached hydrogens (tertiary/aromatic N) is 2. The first-order valence-electron chi connectivity index (χ1n) is 6.15. The highest BCUT2D eigenvalue weighted by Crippen LogP contribution is 2.29. The molecule has 3 rings (SSSR count). The van der Waals surface area contributed by atoms with Gasteiger partial charge in [-0.15, -0.1) is 0 Å². The average Bonchev–Trinajstić information content (AvgIpc) is 2.97. The molecular formula is C13H14BrN3O2. The Morgan fingerprint density at radius 3 is 3.00 bits per heavy atom. The molecule has 0 radical (unpaired) electrons. The molecule has 100 valence electrons. The van der Waals surface area contributed by atoms with E-state index >= 15 is 0 Å². The van der Waals surface area contributed by atoms with Gasteiger partial charge >= 0.3 is 0 Å². The summed E-state index contributed by atoms with van der Waals surface area (Å²) >= 11 is 3.51. The smallest absolute Gasteiger partial charge is 0.244 e. The lowest BCUT2D eigenvalue weighted by Crippen LogP contribution is -2.15. The molecule has 5 nitrogen and oxygen atoms in total. The van der Waals surface area contributed by atoms with Crippen molar-refractivity contribution in [1.29, 1.82) is 0 Å². The number of hydrogen-bond donors (Lipinski definition) is 2. The summed E-state index contributed by atoms with van der Waals surface area (Å²) in [6, 6.07) is 5.93. The summed E-state index contributed by atoms with van der Waals surface area (Å²) in [5.41, 5.74) is 2.07. The zero-order chi connectivity index (χ0) is 13.4. The number of halogens is 1. The van der Waals surface area contributed by atoms with E-state index in [1.807, 2.05) is 25.1 Å². The van der Waals surface area contributed by atoms with Crippen LogP contribution in [0.1, 0.15) is 23.9 Å². The molecule has 1 aromatic carbocycles. The van der Waals surface area contributed by atoms with Crippen molar-refractivity contribution in [3.63, 3.8) is 0 Å². The van der Waals surface area contributed by atoms with Gasteiger partial charge in [-0.05, 0) is 31.0 Å². The van der Waals surface area contributed by atoms with Gasteiger partial charge in [-0.2, -0.15) is 4.98 Å². The molecule has 0 spiro atoms. The molecule has 6 heteroatoms. The maximum absolute atomic E-state index is 9.50. The van der Waals surface area contributed by atoms with Gasteiger partial charge in [-0.25, -0.2) is 0 Å². The maximum atomic E-state index is 9.50. The van der Waals surface area contributed by atoms with Crippen LogP contribution in [0.25, 0.3) is 11.4 Å². The zero-order valence-electron chi connectivity index (χ0n) is 10.4. The molecule has 2 aromatic rings. The van der Waals surface area contributed by atoms with Crippen LogP contribution in [0.2, 0.25) is 0 Å². The van der Waals surface area contributed by atoms with Crippen molar-refractivity contribution in [2.75, 3.05) is 6.54 Å². The topological polar surface area (TPSA) is 71.2 Å². The molecule has 19 heavy (non-hydrogen) atoms. The Bertz CT molecular complexity index is 599. The van der Waals surface area contributed by atoms with E-state index in [-0.39, 0.29) is 12.1 Å². The van der Waals surface area contributed by atoms with Gasteiger partial charge in [0.05, 0.1) is 12.1 Å². The summed E-state index contributed by atoms with van der Waals surface area (Å²) in [6.45, 7) is 2.59. The van der Waals surface area contributed by atoms with E-state index in [0.717, 1.165) is 10.0 Å². The second-order valence-electron chi connectivity index (χ2n) is 4.79. The molecule has 2 heterocycles. The van der Waals surface area contributed by atoms with Gasteiger partial charge in [0.15, 0.2) is 0 Å². The molecular weight excluding hydrogens is 310 g/mol. The summed E-state index contributed by atoms with van der Waals surface area (Å²) in [6.07, 6.45) is 0.267. The summed E-state index contributed by atoms with van der Waals surface area (Å²) in [7, 11) is 0. The summed E-state index contributed by atoms with van der Waals surface area (Å²) in [5.74, 6) is 1.09. The Labute approximate surface area is 119 Å². The average molecular weight is 324 g/mol. The number of benzene rings is 1. The second kappa shape index (κ2) is 5.03. The molecule has 0 saturated carbocycles. The number of β-amino-alcohol motifs (C(OH)–C–C–N with tert-alkyl or cyclic N) is 1. The quantitative estimate of drug-likeness (QED) is 0.886. The molecule has 1 fully saturated rings. The first-order chi connectivity index (χ1) is 9.13. The minimum atomic E-state index is -0.341. The Morgan fingerprint density at radius 2 is 2.32 bits per heavy atom. The van der Waals surface area contributed by atoms with Crippen LogP contribution in [-0.4, -0.2) is 27.9 Å². The molecule has 1 saturated heterocycles. The van der Waals surface area contributed by atoms with Gasteiger partial charge in [0.1, 0.15) is 0 Å². The predicted molar refractivity (Wildman–Crippen MR) is 73.5 cm³/mol. The van der Waals surface area contributed by atoms with Crippen molar-refractivity contribution in [3.05, 3.63) is 34.1 Å². The minimum absolute atomic E-state index is 0.0551. The number of hydrogen-bond acceptors (Lipinski definition) is 5. The van der Waals surface area contributed by atoms with Gasteiger partial charge in [-0.3, -0.25) is 0 Å². The molecule has 0 bridgehead atoms. The van der Waals surface area contributed by atoms with Crippen molar-refractivity contribution in [2.45, 2.75) is 25.5 Å². The Kier molecular flexibility index (Phi) is 3.38. The molecule has 0 unspecified atom stereocenters. The van der Waals surface area contributed by atoms with Gasteiger partial charge in [0, 0.05) is 16.6 Å². The van der Waals surface area contributed by atoms with Crippen LogP contribution < -0.4 is 5.32 Å². The van der Waals surface area contributed by atoms with Crippen LogP contribution in [-0.2, 0) is 0 Å². The van der Waals surface area contributed by atoms with Crippen molar-refractivity contribution in [1.82, 2.24) is 15.5 Å². The number of aliphatic hydroxyl groups excluding tert-OH is 1. The molecule has 2 atom stereocenters. The van der Waals surface area contributed by atoms with Crippen LogP contribution in [0.3, 0.4) is 0 Å². The summed E-state index contributed by atoms with van der Waals surface area (Å²) in [5, 5.41) is 16.7. The van der Waals surface area contributed by atoms with Gasteiger partial charge < -0.3 is 14.9 Å². The number of nitrogens with one attached hydrogen (secondary N) is 1. The third-order valence-electron chi connectivity index (χ3n) is 3.21. The van der Waals surface area contributed by atoms with Crippen molar-refractivity contribution < 1.29 is 9.63 Å². The largest absolute Gasteiger partial charge is 0.392 e. The Balaban J connectivity index is 1.88. The second-order valence-corrected chi connectivity index (χ2v) is 5.64. The molecule has 1 aliphatic rings. The predicted octanol–water partition coefficient (Wildman–Crippen LogP) is 2.20. The number of aliphatic hydroxyl groups is 1. The highest BCUT2D eigenvalue weighted by molar-refractivity contribution is 9.10. The van der Waals surface area contributed by atoms with Crippen molar-refractivity contribution in [2.24, 2.45) is 0 Å². The normalized spacial score (nSPS) is 22.9. The van der Waals surface area contributed by atoms with E-state index in [9.17, 15) is 5.11 Å². The number of aromatic nitrogens is 2. The van der Waals surface area contributed by atoms with E-state index in [4.69, 9.17) is 4.52 Å². The van der Waals surface area contributed by atoms with Gasteiger partial charge in [0.25, 0.3) is 0 Å². The lowest BCUT2D eigenvalue weighted by molar-refractivity contribution is 0.191. The minimum Gasteiger partial charge on any atom is -0.392 e. The van der Waals surface area contributed by atoms with E-state index in [2.05, 4.69) is 31.4 Å². The number of rotatable bonds is 2. The lowest BCUT2D eigenvalue weighted by Gasteiger charge is -2.02. The third-order valence-corrected chi connectivity index (χ3v) is 3.87. The molecule has 2 N–H and O–H groups in total. The SMILES string of the molecule is Cc1ccc(-c2noc([C@H]3C[C@H](O)CN3)n2)c(Br)c1. The van der Waals surface area contributed by atoms with Crippen molar-refractivity contribution in [3.8, 4) is 11.4 Å². The maximum Gasteiger partial charge on any atom is 0.244 e. The van der Waals surface area contributed by atoms with E-state index in [0.29, 0.717) is 24.7 Å². The standard InChI is InChI=1S/C13H14BrN3O2/c1-7-2-3-9(10(14)4-7)12-16-13(19-17-12)11-5-8(18)6-15-11/h2-4,8,11,15,18H,5-6H2,1H3/t8-,11+/m0/s1. The third kappa shape index (κ3) is 2.56. The monoisotopic (exact) mass is 323 g/mol. The van der Waals surface area contributed by atoms with Crippen molar-refractivity contribution >= 4 is 15.9 Å². The molecule has 1 aliphatic heterocycles. The first-order valence-corrected chi connectivity index (χ1v) is 6.94. The zero-order valence-corrected chi connectivity index (χ0v) is 12.0. The molecule has 1 aromatic heterocycles. The summed E-state index contributed by atoms with van der Waals surface area (Å²) in [4.78, 5) is 4.41. The highest BCUT2D eigenvalue weighted by Gasteiger charge is 2.28. The fourth-order valence-electron chi connectivity index (χ4n) is 2.19. The van der Waals surface area contributed by atoms with Crippen LogP contribution in [0.4, 0.5) is 0 Å². The fourth-order valence-corrected chi connectivity index (χ4v) is 2.86. The highest BCUT2D eigenvalue weighted by atomic mass is 79.9. The number of aryl methyl sites for hydroxylation is 1. The Hall–Kier alpha value is -1.24. The van der Waals surface area contributed by atoms with Gasteiger partial charge in [-0.1, -0.05) is 27.2 Å². The van der Waals surface area contributed by atoms with E-state index < -0.39 is 0 Å². The van der Waals surface area contributed by atoms with Crippen LogP contribution in [0, 0.1) is 6.92 Å². The van der Waals surface area contributed by atoms with E-state index in [1.54, 1.807) is 0 Å². The molecule has 0 aliphatic carbocycles. The lowest BCUT2D eigenvalue weighted by atomic mass is 10.1. The Morgan fingerprint density at radius 1 is 1.47 bits per heavy atom. The van der Waals surface area contributed by atoms with Crippen LogP contribution in [0.15, 0.2) is 27.2 Å². The molecule has 0 amide bonds. The van der Waals surface area contributed by atoms with Crippen LogP contribution >= 0.6 is 15.9 Å². The first kappa shape index (κ1) is 12.8. The van der Waals surface area contributed by atoms with Crippen LogP contribution in [0.5, 0.6) is 0 Å². The van der Waals surface area contributed by atoms with E-state index in [1.165, 1.54) is 5.56 Å². The summed E-state index contributed by atoms with van der Waals surface area (Å²) < 4.78 is 6.22. The van der Waals surface area contributed by atoms with Gasteiger partial charge in [0.2, 0.25) is 11.7 Å². The fraction of sp³-hybridized carbons (Fsp3) is 0.385.